The molecule has 1 aromatic carbocycles. The van der Waals surface area contributed by atoms with Crippen LogP contribution in [0.1, 0.15) is 31.2 Å². The summed E-state index contributed by atoms with van der Waals surface area (Å²) in [5.41, 5.74) is -0.288. The number of hydrogen-bond donors (Lipinski definition) is 0. The van der Waals surface area contributed by atoms with Crippen LogP contribution in [0.4, 0.5) is 13.2 Å². The van der Waals surface area contributed by atoms with Gasteiger partial charge in [-0.1, -0.05) is 31.6 Å². The van der Waals surface area contributed by atoms with Crippen molar-refractivity contribution in [2.75, 3.05) is 5.75 Å². The van der Waals surface area contributed by atoms with Crippen molar-refractivity contribution >= 4 is 36.1 Å². The monoisotopic (exact) mass is 353 g/mol. The number of carbonyl (C=O) groups excluding carboxylic acids is 1. The second kappa shape index (κ2) is 9.11. The van der Waals surface area contributed by atoms with Crippen LogP contribution in [-0.2, 0) is 11.0 Å². The second-order valence-electron chi connectivity index (χ2n) is 5.61. The van der Waals surface area contributed by atoms with Crippen LogP contribution in [0.15, 0.2) is 35.4 Å². The number of rotatable bonds is 9. The van der Waals surface area contributed by atoms with Crippen molar-refractivity contribution in [1.29, 1.82) is 0 Å². The molecule has 0 saturated heterocycles. The number of unbranched alkanes of at least 4 members (excludes halogenated alkanes) is 3. The van der Waals surface area contributed by atoms with E-state index in [1.54, 1.807) is 18.0 Å². The first-order valence-electron chi connectivity index (χ1n) is 8.05. The molecule has 2 aromatic rings. The molecule has 0 unspecified atom stereocenters. The third-order valence-electron chi connectivity index (χ3n) is 3.75. The van der Waals surface area contributed by atoms with Crippen LogP contribution in [0.2, 0.25) is 6.32 Å². The fourth-order valence-corrected chi connectivity index (χ4v) is 3.52. The van der Waals surface area contributed by atoms with E-state index in [0.29, 0.717) is 12.8 Å². The molecule has 0 bridgehead atoms. The Morgan fingerprint density at radius 1 is 1.12 bits per heavy atom. The smallest absolute Gasteiger partial charge is 0.315 e. The van der Waals surface area contributed by atoms with Crippen molar-refractivity contribution < 1.29 is 18.0 Å². The fraction of sp³-hybridized carbons (Fsp3) is 0.412. The molecule has 0 aliphatic carbocycles. The van der Waals surface area contributed by atoms with Gasteiger partial charge in [0, 0.05) is 16.5 Å². The predicted molar refractivity (Wildman–Crippen MR) is 94.6 cm³/mol. The van der Waals surface area contributed by atoms with Crippen LogP contribution in [0, 0.1) is 0 Å². The van der Waals surface area contributed by atoms with Gasteiger partial charge in [0.25, 0.3) is 0 Å². The van der Waals surface area contributed by atoms with E-state index in [1.807, 2.05) is 6.07 Å². The predicted octanol–water partition coefficient (Wildman–Crippen LogP) is 4.95. The first-order chi connectivity index (χ1) is 11.5. The van der Waals surface area contributed by atoms with Crippen molar-refractivity contribution in [2.45, 2.75) is 43.1 Å². The van der Waals surface area contributed by atoms with E-state index in [9.17, 15) is 18.0 Å². The summed E-state index contributed by atoms with van der Waals surface area (Å²) in [4.78, 5) is 15.2. The largest absolute Gasteiger partial charge is 0.416 e. The van der Waals surface area contributed by atoms with Gasteiger partial charge < -0.3 is 4.79 Å². The summed E-state index contributed by atoms with van der Waals surface area (Å²) in [6.07, 6.45) is 3.46. The summed E-state index contributed by atoms with van der Waals surface area (Å²) < 4.78 is 38.3. The van der Waals surface area contributed by atoms with Gasteiger partial charge >= 0.3 is 6.18 Å². The molecule has 24 heavy (non-hydrogen) atoms. The number of aromatic nitrogens is 1. The lowest BCUT2D eigenvalue weighted by Crippen LogP contribution is -2.04. The SMILES string of the molecule is O=CBCCCCCCSc1ccnc2cc(C(F)(F)F)ccc12. The Hall–Kier alpha value is -1.50. The molecule has 0 N–H and O–H groups in total. The van der Waals surface area contributed by atoms with Gasteiger partial charge in [0.1, 0.15) is 0 Å². The quantitative estimate of drug-likeness (QED) is 0.277. The number of alkyl halides is 3. The van der Waals surface area contributed by atoms with Gasteiger partial charge in [-0.3, -0.25) is 4.98 Å². The summed E-state index contributed by atoms with van der Waals surface area (Å²) in [6.45, 7) is 0. The Bertz CT molecular complexity index is 678. The normalized spacial score (nSPS) is 11.6. The maximum atomic E-state index is 12.8. The van der Waals surface area contributed by atoms with E-state index < -0.39 is 11.7 Å². The number of hydrogen-bond acceptors (Lipinski definition) is 3. The summed E-state index contributed by atoms with van der Waals surface area (Å²) in [5.74, 6) is 0.924. The van der Waals surface area contributed by atoms with Gasteiger partial charge in [0.2, 0.25) is 7.28 Å². The Balaban J connectivity index is 1.89. The summed E-state index contributed by atoms with van der Waals surface area (Å²) in [6, 6.07) is 5.57. The Kier molecular flexibility index (Phi) is 7.15. The molecule has 0 aliphatic rings. The zero-order valence-electron chi connectivity index (χ0n) is 13.3. The average molecular weight is 353 g/mol. The number of carbonyl (C=O) groups is 1. The first-order valence-corrected chi connectivity index (χ1v) is 9.03. The van der Waals surface area contributed by atoms with Gasteiger partial charge in [0.05, 0.1) is 17.3 Å². The highest BCUT2D eigenvalue weighted by molar-refractivity contribution is 7.99. The average Bonchev–Trinajstić information content (AvgIpc) is 2.56. The fourth-order valence-electron chi connectivity index (χ4n) is 2.47. The minimum atomic E-state index is -4.34. The Morgan fingerprint density at radius 2 is 1.92 bits per heavy atom. The number of benzene rings is 1. The van der Waals surface area contributed by atoms with Gasteiger partial charge in [-0.05, 0) is 30.4 Å². The minimum absolute atomic E-state index is 0.378. The molecule has 0 radical (unpaired) electrons. The Labute approximate surface area is 144 Å². The summed E-state index contributed by atoms with van der Waals surface area (Å²) in [7, 11) is 0.637. The van der Waals surface area contributed by atoms with Crippen molar-refractivity contribution in [3.05, 3.63) is 36.0 Å². The van der Waals surface area contributed by atoms with Crippen LogP contribution >= 0.6 is 11.8 Å². The highest BCUT2D eigenvalue weighted by Gasteiger charge is 2.30. The Morgan fingerprint density at radius 3 is 2.67 bits per heavy atom. The van der Waals surface area contributed by atoms with Gasteiger partial charge in [-0.25, -0.2) is 0 Å². The number of thioether (sulfide) groups is 1. The summed E-state index contributed by atoms with van der Waals surface area (Å²) >= 11 is 1.65. The highest BCUT2D eigenvalue weighted by atomic mass is 32.2. The van der Waals surface area contributed by atoms with Crippen molar-refractivity contribution in [1.82, 2.24) is 4.98 Å². The van der Waals surface area contributed by atoms with Crippen LogP contribution in [0.25, 0.3) is 10.9 Å². The van der Waals surface area contributed by atoms with Crippen LogP contribution in [0.3, 0.4) is 0 Å². The molecular formula is C17H19BF3NOS. The third kappa shape index (κ3) is 5.55. The maximum absolute atomic E-state index is 12.8. The molecule has 1 heterocycles. The molecular weight excluding hydrogens is 334 g/mol. The molecule has 0 atom stereocenters. The van der Waals surface area contributed by atoms with Gasteiger partial charge in [0.15, 0.2) is 0 Å². The molecule has 0 spiro atoms. The molecule has 0 saturated carbocycles. The highest BCUT2D eigenvalue weighted by Crippen LogP contribution is 2.33. The van der Waals surface area contributed by atoms with E-state index in [2.05, 4.69) is 4.98 Å². The maximum Gasteiger partial charge on any atom is 0.416 e. The molecule has 7 heteroatoms. The number of pyridine rings is 1. The number of halogens is 3. The third-order valence-corrected chi connectivity index (χ3v) is 4.91. The van der Waals surface area contributed by atoms with Gasteiger partial charge in [-0.15, -0.1) is 11.8 Å². The number of nitrogens with zero attached hydrogens (tertiary/aromatic N) is 1. The zero-order valence-corrected chi connectivity index (χ0v) is 14.1. The minimum Gasteiger partial charge on any atom is -0.315 e. The topological polar surface area (TPSA) is 30.0 Å². The van der Waals surface area contributed by atoms with Crippen molar-refractivity contribution in [2.24, 2.45) is 0 Å². The van der Waals surface area contributed by atoms with Crippen molar-refractivity contribution in [3.63, 3.8) is 0 Å². The van der Waals surface area contributed by atoms with E-state index >= 15 is 0 Å². The van der Waals surface area contributed by atoms with Gasteiger partial charge in [-0.2, -0.15) is 13.2 Å². The van der Waals surface area contributed by atoms with Crippen molar-refractivity contribution in [3.8, 4) is 0 Å². The zero-order chi connectivity index (χ0) is 17.4. The molecule has 0 aliphatic heterocycles. The molecule has 2 nitrogen and oxygen atoms in total. The van der Waals surface area contributed by atoms with E-state index in [4.69, 9.17) is 0 Å². The standard InChI is InChI=1S/C17H19BF3NOS/c19-17(20,21)13-5-6-14-15(11-13)22-9-7-16(14)24-10-4-2-1-3-8-18-12-23/h5-7,9,11-12,18H,1-4,8,10H2. The number of fused-ring (bicyclic) bond motifs is 1. The molecule has 0 amide bonds. The first kappa shape index (κ1) is 18.8. The lowest BCUT2D eigenvalue weighted by atomic mass is 9.75. The van der Waals surface area contributed by atoms with Crippen LogP contribution < -0.4 is 0 Å². The van der Waals surface area contributed by atoms with E-state index in [0.717, 1.165) is 66.4 Å². The van der Waals surface area contributed by atoms with E-state index in [-0.39, 0.29) is 0 Å². The second-order valence-corrected chi connectivity index (χ2v) is 6.75. The lowest BCUT2D eigenvalue weighted by molar-refractivity contribution is -0.137. The molecule has 128 valence electrons. The molecule has 2 rings (SSSR count). The lowest BCUT2D eigenvalue weighted by Gasteiger charge is -2.09. The van der Waals surface area contributed by atoms with Crippen LogP contribution in [0.5, 0.6) is 0 Å². The summed E-state index contributed by atoms with van der Waals surface area (Å²) in [5, 5.41) is 0.765. The molecule has 0 fully saturated rings. The molecule has 1 aromatic heterocycles. The van der Waals surface area contributed by atoms with Crippen LogP contribution in [-0.4, -0.2) is 24.2 Å². The van der Waals surface area contributed by atoms with E-state index in [1.165, 1.54) is 6.07 Å².